The van der Waals surface area contributed by atoms with Crippen LogP contribution >= 0.6 is 35.6 Å². The maximum atomic E-state index is 11.8. The van der Waals surface area contributed by atoms with Crippen LogP contribution in [0.4, 0.5) is 0 Å². The van der Waals surface area contributed by atoms with Crippen molar-refractivity contribution in [2.45, 2.75) is 32.1 Å². The highest BCUT2D eigenvalue weighted by molar-refractivity contribution is 6.35. The summed E-state index contributed by atoms with van der Waals surface area (Å²) >= 11 is 11.9. The van der Waals surface area contributed by atoms with E-state index in [0.717, 1.165) is 31.6 Å². The minimum atomic E-state index is 0. The van der Waals surface area contributed by atoms with Gasteiger partial charge in [0.1, 0.15) is 0 Å². The first kappa shape index (κ1) is 19.6. The van der Waals surface area contributed by atoms with Gasteiger partial charge in [0.15, 0.2) is 0 Å². The first-order valence-electron chi connectivity index (χ1n) is 7.56. The SMILES string of the molecule is Cl.O=C(CCc1ccc(Cl)cc1Cl)NCCC1CCCNC1. The highest BCUT2D eigenvalue weighted by atomic mass is 35.5. The summed E-state index contributed by atoms with van der Waals surface area (Å²) in [6.45, 7) is 2.97. The van der Waals surface area contributed by atoms with Crippen molar-refractivity contribution in [1.82, 2.24) is 10.6 Å². The summed E-state index contributed by atoms with van der Waals surface area (Å²) in [5.41, 5.74) is 0.965. The van der Waals surface area contributed by atoms with E-state index < -0.39 is 0 Å². The lowest BCUT2D eigenvalue weighted by molar-refractivity contribution is -0.121. The molecule has 1 aliphatic rings. The molecule has 3 nitrogen and oxygen atoms in total. The molecule has 1 aliphatic heterocycles. The van der Waals surface area contributed by atoms with Crippen LogP contribution in [-0.4, -0.2) is 25.5 Å². The van der Waals surface area contributed by atoms with Crippen LogP contribution in [0.15, 0.2) is 18.2 Å². The quantitative estimate of drug-likeness (QED) is 0.804. The fraction of sp³-hybridized carbons (Fsp3) is 0.562. The fourth-order valence-electron chi connectivity index (χ4n) is 2.65. The summed E-state index contributed by atoms with van der Waals surface area (Å²) in [7, 11) is 0. The second kappa shape index (κ2) is 10.3. The van der Waals surface area contributed by atoms with E-state index in [-0.39, 0.29) is 18.3 Å². The number of rotatable bonds is 6. The van der Waals surface area contributed by atoms with Gasteiger partial charge in [-0.25, -0.2) is 0 Å². The Balaban J connectivity index is 0.00000242. The van der Waals surface area contributed by atoms with Crippen LogP contribution in [0.1, 0.15) is 31.2 Å². The molecule has 1 saturated heterocycles. The average molecular weight is 366 g/mol. The molecule has 0 radical (unpaired) electrons. The molecule has 1 unspecified atom stereocenters. The van der Waals surface area contributed by atoms with Crippen LogP contribution < -0.4 is 10.6 Å². The fourth-order valence-corrected chi connectivity index (χ4v) is 3.15. The molecule has 1 heterocycles. The highest BCUT2D eigenvalue weighted by Crippen LogP contribution is 2.22. The molecule has 0 bridgehead atoms. The van der Waals surface area contributed by atoms with Gasteiger partial charge in [-0.1, -0.05) is 29.3 Å². The summed E-state index contributed by atoms with van der Waals surface area (Å²) in [6.07, 6.45) is 4.68. The lowest BCUT2D eigenvalue weighted by Crippen LogP contribution is -2.33. The molecular formula is C16H23Cl3N2O. The predicted octanol–water partition coefficient (Wildman–Crippen LogP) is 3.85. The maximum Gasteiger partial charge on any atom is 0.220 e. The Labute approximate surface area is 148 Å². The van der Waals surface area contributed by atoms with E-state index in [2.05, 4.69) is 10.6 Å². The second-order valence-electron chi connectivity index (χ2n) is 5.59. The largest absolute Gasteiger partial charge is 0.356 e. The van der Waals surface area contributed by atoms with Gasteiger partial charge in [0.25, 0.3) is 0 Å². The van der Waals surface area contributed by atoms with Gasteiger partial charge in [-0.05, 0) is 62.4 Å². The standard InChI is InChI=1S/C16H22Cl2N2O.ClH/c17-14-5-3-13(15(18)10-14)4-6-16(21)20-9-7-12-2-1-8-19-11-12;/h3,5,10,12,19H,1-2,4,6-9,11H2,(H,20,21);1H. The third kappa shape index (κ3) is 6.74. The van der Waals surface area contributed by atoms with E-state index in [1.807, 2.05) is 6.07 Å². The number of piperidine rings is 1. The monoisotopic (exact) mass is 364 g/mol. The molecule has 1 aromatic carbocycles. The van der Waals surface area contributed by atoms with E-state index in [4.69, 9.17) is 23.2 Å². The molecule has 1 aromatic rings. The molecule has 0 aromatic heterocycles. The number of nitrogens with one attached hydrogen (secondary N) is 2. The molecule has 2 N–H and O–H groups in total. The van der Waals surface area contributed by atoms with Crippen molar-refractivity contribution in [2.75, 3.05) is 19.6 Å². The van der Waals surface area contributed by atoms with Crippen molar-refractivity contribution in [3.63, 3.8) is 0 Å². The Kier molecular flexibility index (Phi) is 9.18. The Morgan fingerprint density at radius 3 is 2.86 bits per heavy atom. The molecule has 124 valence electrons. The zero-order chi connectivity index (χ0) is 15.1. The van der Waals surface area contributed by atoms with Gasteiger partial charge in [-0.15, -0.1) is 12.4 Å². The molecule has 0 aliphatic carbocycles. The van der Waals surface area contributed by atoms with Gasteiger partial charge in [-0.2, -0.15) is 0 Å². The summed E-state index contributed by atoms with van der Waals surface area (Å²) in [5, 5.41) is 7.64. The van der Waals surface area contributed by atoms with Crippen LogP contribution in [0.3, 0.4) is 0 Å². The first-order valence-corrected chi connectivity index (χ1v) is 8.32. The molecule has 1 amide bonds. The molecule has 6 heteroatoms. The molecule has 1 atom stereocenters. The number of benzene rings is 1. The first-order chi connectivity index (χ1) is 10.1. The number of aryl methyl sites for hydroxylation is 1. The number of hydrogen-bond donors (Lipinski definition) is 2. The summed E-state index contributed by atoms with van der Waals surface area (Å²) < 4.78 is 0. The predicted molar refractivity (Wildman–Crippen MR) is 95.3 cm³/mol. The minimum absolute atomic E-state index is 0. The van der Waals surface area contributed by atoms with Gasteiger partial charge in [-0.3, -0.25) is 4.79 Å². The number of hydrogen-bond acceptors (Lipinski definition) is 2. The van der Waals surface area contributed by atoms with Gasteiger partial charge >= 0.3 is 0 Å². The van der Waals surface area contributed by atoms with Gasteiger partial charge in [0.05, 0.1) is 0 Å². The van der Waals surface area contributed by atoms with Crippen LogP contribution in [0.25, 0.3) is 0 Å². The average Bonchev–Trinajstić information content (AvgIpc) is 2.47. The van der Waals surface area contributed by atoms with Crippen molar-refractivity contribution < 1.29 is 4.79 Å². The van der Waals surface area contributed by atoms with Crippen molar-refractivity contribution in [3.05, 3.63) is 33.8 Å². The summed E-state index contributed by atoms with van der Waals surface area (Å²) in [5.74, 6) is 0.787. The molecule has 22 heavy (non-hydrogen) atoms. The lowest BCUT2D eigenvalue weighted by Gasteiger charge is -2.22. The Morgan fingerprint density at radius 1 is 1.36 bits per heavy atom. The zero-order valence-corrected chi connectivity index (χ0v) is 14.9. The summed E-state index contributed by atoms with van der Waals surface area (Å²) in [4.78, 5) is 11.8. The Hall–Kier alpha value is -0.480. The van der Waals surface area contributed by atoms with Crippen molar-refractivity contribution >= 4 is 41.5 Å². The zero-order valence-electron chi connectivity index (χ0n) is 12.5. The number of carbonyl (C=O) groups is 1. The van der Waals surface area contributed by atoms with Crippen molar-refractivity contribution in [3.8, 4) is 0 Å². The van der Waals surface area contributed by atoms with Crippen LogP contribution in [0, 0.1) is 5.92 Å². The molecule has 2 rings (SSSR count). The van der Waals surface area contributed by atoms with Gasteiger partial charge in [0, 0.05) is 23.0 Å². The van der Waals surface area contributed by atoms with Crippen molar-refractivity contribution in [1.29, 1.82) is 0 Å². The Bertz CT molecular complexity index is 476. The highest BCUT2D eigenvalue weighted by Gasteiger charge is 2.13. The smallest absolute Gasteiger partial charge is 0.220 e. The third-order valence-electron chi connectivity index (χ3n) is 3.91. The maximum absolute atomic E-state index is 11.8. The topological polar surface area (TPSA) is 41.1 Å². The number of amides is 1. The molecular weight excluding hydrogens is 343 g/mol. The van der Waals surface area contributed by atoms with Crippen LogP contribution in [0.5, 0.6) is 0 Å². The minimum Gasteiger partial charge on any atom is -0.356 e. The normalized spacial score (nSPS) is 17.6. The van der Waals surface area contributed by atoms with E-state index in [1.54, 1.807) is 12.1 Å². The number of carbonyl (C=O) groups excluding carboxylic acids is 1. The van der Waals surface area contributed by atoms with Crippen LogP contribution in [-0.2, 0) is 11.2 Å². The van der Waals surface area contributed by atoms with E-state index >= 15 is 0 Å². The van der Waals surface area contributed by atoms with E-state index in [9.17, 15) is 4.79 Å². The Morgan fingerprint density at radius 2 is 2.18 bits per heavy atom. The van der Waals surface area contributed by atoms with Gasteiger partial charge in [0.2, 0.25) is 5.91 Å². The molecule has 0 saturated carbocycles. The number of halogens is 3. The van der Waals surface area contributed by atoms with Gasteiger partial charge < -0.3 is 10.6 Å². The van der Waals surface area contributed by atoms with Crippen molar-refractivity contribution in [2.24, 2.45) is 5.92 Å². The lowest BCUT2D eigenvalue weighted by atomic mass is 9.96. The van der Waals surface area contributed by atoms with E-state index in [1.165, 1.54) is 12.8 Å². The summed E-state index contributed by atoms with van der Waals surface area (Å²) in [6, 6.07) is 5.40. The van der Waals surface area contributed by atoms with Crippen LogP contribution in [0.2, 0.25) is 10.0 Å². The third-order valence-corrected chi connectivity index (χ3v) is 4.50. The molecule has 0 spiro atoms. The molecule has 1 fully saturated rings. The second-order valence-corrected chi connectivity index (χ2v) is 6.43. The van der Waals surface area contributed by atoms with E-state index in [0.29, 0.717) is 28.8 Å².